The van der Waals surface area contributed by atoms with Crippen LogP contribution in [-0.2, 0) is 4.74 Å². The summed E-state index contributed by atoms with van der Waals surface area (Å²) in [6, 6.07) is 5.25. The van der Waals surface area contributed by atoms with Gasteiger partial charge in [0.1, 0.15) is 12.4 Å². The summed E-state index contributed by atoms with van der Waals surface area (Å²) in [7, 11) is 0. The van der Waals surface area contributed by atoms with Gasteiger partial charge in [-0.2, -0.15) is 0 Å². The average Bonchev–Trinajstić information content (AvgIpc) is 2.77. The molecule has 1 heterocycles. The molecule has 5 heteroatoms. The maximum absolute atomic E-state index is 11.0. The minimum absolute atomic E-state index is 0.190. The van der Waals surface area contributed by atoms with Crippen LogP contribution in [0.25, 0.3) is 0 Å². The molecular weight excluding hydrogens is 232 g/mol. The van der Waals surface area contributed by atoms with Crippen LogP contribution in [0, 0.1) is 0 Å². The van der Waals surface area contributed by atoms with Crippen molar-refractivity contribution in [3.05, 3.63) is 23.8 Å². The molecule has 1 amide bonds. The Bertz CT molecular complexity index is 444. The van der Waals surface area contributed by atoms with Crippen LogP contribution in [0.2, 0.25) is 0 Å². The van der Waals surface area contributed by atoms with Crippen molar-refractivity contribution in [1.29, 1.82) is 0 Å². The number of aromatic hydroxyl groups is 1. The van der Waals surface area contributed by atoms with Crippen molar-refractivity contribution in [1.82, 2.24) is 5.32 Å². The summed E-state index contributed by atoms with van der Waals surface area (Å²) in [5.41, 5.74) is 1.67. The number of rotatable bonds is 4. The summed E-state index contributed by atoms with van der Waals surface area (Å²) < 4.78 is 4.82. The van der Waals surface area contributed by atoms with Crippen molar-refractivity contribution < 1.29 is 14.6 Å². The zero-order valence-corrected chi connectivity index (χ0v) is 10.6. The molecule has 0 bridgehead atoms. The molecular formula is C13H18N2O3. The van der Waals surface area contributed by atoms with Crippen LogP contribution in [0.15, 0.2) is 18.2 Å². The largest absolute Gasteiger partial charge is 0.508 e. The first-order valence-electron chi connectivity index (χ1n) is 6.16. The topological polar surface area (TPSA) is 61.8 Å². The van der Waals surface area contributed by atoms with Crippen molar-refractivity contribution in [3.63, 3.8) is 0 Å². The van der Waals surface area contributed by atoms with E-state index < -0.39 is 6.09 Å². The lowest BCUT2D eigenvalue weighted by atomic mass is 10.1. The number of carbonyl (C=O) groups excluding carboxylic acids is 1. The Hall–Kier alpha value is -1.91. The number of benzene rings is 1. The lowest BCUT2D eigenvalue weighted by Crippen LogP contribution is -2.22. The summed E-state index contributed by atoms with van der Waals surface area (Å²) in [5.74, 6) is 0.190. The first-order chi connectivity index (χ1) is 8.65. The van der Waals surface area contributed by atoms with Crippen LogP contribution in [0.3, 0.4) is 0 Å². The maximum atomic E-state index is 11.0. The molecule has 1 fully saturated rings. The van der Waals surface area contributed by atoms with Crippen LogP contribution in [0.4, 0.5) is 10.5 Å². The van der Waals surface area contributed by atoms with Crippen LogP contribution >= 0.6 is 0 Å². The second-order valence-corrected chi connectivity index (χ2v) is 4.21. The molecule has 1 atom stereocenters. The van der Waals surface area contributed by atoms with Gasteiger partial charge in [0, 0.05) is 30.4 Å². The quantitative estimate of drug-likeness (QED) is 0.858. The Labute approximate surface area is 106 Å². The van der Waals surface area contributed by atoms with Crippen molar-refractivity contribution >= 4 is 11.8 Å². The standard InChI is InChI=1S/C13H18N2O3/c1-3-15(4-2)9-5-6-10(12(16)7-9)11-8-18-13(17)14-11/h5-7,11,16H,3-4,8H2,1-2H3,(H,14,17)/t11-/m0/s1. The Kier molecular flexibility index (Phi) is 3.60. The number of nitrogens with zero attached hydrogens (tertiary/aromatic N) is 1. The van der Waals surface area contributed by atoms with E-state index in [2.05, 4.69) is 24.1 Å². The highest BCUT2D eigenvalue weighted by atomic mass is 16.6. The molecule has 5 nitrogen and oxygen atoms in total. The van der Waals surface area contributed by atoms with E-state index in [0.29, 0.717) is 5.56 Å². The number of hydrogen-bond acceptors (Lipinski definition) is 4. The lowest BCUT2D eigenvalue weighted by Gasteiger charge is -2.22. The molecule has 2 rings (SSSR count). The molecule has 0 saturated carbocycles. The third-order valence-corrected chi connectivity index (χ3v) is 3.19. The minimum atomic E-state index is -0.438. The normalized spacial score (nSPS) is 18.3. The summed E-state index contributed by atoms with van der Waals surface area (Å²) >= 11 is 0. The molecule has 0 spiro atoms. The number of ether oxygens (including phenoxy) is 1. The fourth-order valence-electron chi connectivity index (χ4n) is 2.16. The van der Waals surface area contributed by atoms with Gasteiger partial charge in [-0.1, -0.05) is 6.07 Å². The summed E-state index contributed by atoms with van der Waals surface area (Å²) in [5, 5.41) is 12.7. The van der Waals surface area contributed by atoms with Crippen LogP contribution in [0.5, 0.6) is 5.75 Å². The average molecular weight is 250 g/mol. The Morgan fingerprint density at radius 2 is 2.17 bits per heavy atom. The molecule has 0 unspecified atom stereocenters. The first-order valence-corrected chi connectivity index (χ1v) is 6.16. The van der Waals surface area contributed by atoms with E-state index in [4.69, 9.17) is 4.74 Å². The highest BCUT2D eigenvalue weighted by molar-refractivity contribution is 5.70. The van der Waals surface area contributed by atoms with Gasteiger partial charge in [0.05, 0.1) is 6.04 Å². The number of hydrogen-bond donors (Lipinski definition) is 2. The van der Waals surface area contributed by atoms with Gasteiger partial charge in [-0.25, -0.2) is 4.79 Å². The van der Waals surface area contributed by atoms with E-state index in [1.165, 1.54) is 0 Å². The van der Waals surface area contributed by atoms with E-state index in [1.807, 2.05) is 12.1 Å². The molecule has 2 N–H and O–H groups in total. The number of cyclic esters (lactones) is 1. The smallest absolute Gasteiger partial charge is 0.407 e. The van der Waals surface area contributed by atoms with Crippen molar-refractivity contribution in [3.8, 4) is 5.75 Å². The van der Waals surface area contributed by atoms with E-state index in [0.717, 1.165) is 18.8 Å². The Balaban J connectivity index is 2.22. The van der Waals surface area contributed by atoms with Crippen LogP contribution in [0.1, 0.15) is 25.5 Å². The molecule has 18 heavy (non-hydrogen) atoms. The van der Waals surface area contributed by atoms with Gasteiger partial charge < -0.3 is 20.1 Å². The van der Waals surface area contributed by atoms with Gasteiger partial charge in [0.15, 0.2) is 0 Å². The highest BCUT2D eigenvalue weighted by Crippen LogP contribution is 2.30. The second-order valence-electron chi connectivity index (χ2n) is 4.21. The number of amides is 1. The first kappa shape index (κ1) is 12.5. The van der Waals surface area contributed by atoms with Crippen molar-refractivity contribution in [2.75, 3.05) is 24.6 Å². The van der Waals surface area contributed by atoms with Gasteiger partial charge in [-0.3, -0.25) is 0 Å². The van der Waals surface area contributed by atoms with Gasteiger partial charge in [-0.05, 0) is 19.9 Å². The van der Waals surface area contributed by atoms with E-state index in [-0.39, 0.29) is 18.4 Å². The third kappa shape index (κ3) is 2.34. The van der Waals surface area contributed by atoms with Gasteiger partial charge in [-0.15, -0.1) is 0 Å². The highest BCUT2D eigenvalue weighted by Gasteiger charge is 2.26. The number of alkyl carbamates (subject to hydrolysis) is 1. The fourth-order valence-corrected chi connectivity index (χ4v) is 2.16. The van der Waals surface area contributed by atoms with Gasteiger partial charge in [0.25, 0.3) is 0 Å². The third-order valence-electron chi connectivity index (χ3n) is 3.19. The zero-order chi connectivity index (χ0) is 13.1. The number of phenols is 1. The predicted octanol–water partition coefficient (Wildman–Crippen LogP) is 2.02. The summed E-state index contributed by atoms with van der Waals surface area (Å²) in [4.78, 5) is 13.1. The SMILES string of the molecule is CCN(CC)c1ccc([C@@H]2COC(=O)N2)c(O)c1. The van der Waals surface area contributed by atoms with E-state index in [1.54, 1.807) is 6.07 Å². The molecule has 98 valence electrons. The molecule has 1 saturated heterocycles. The number of carbonyl (C=O) groups is 1. The maximum Gasteiger partial charge on any atom is 0.407 e. The molecule has 0 aromatic heterocycles. The summed E-state index contributed by atoms with van der Waals surface area (Å²) in [6.07, 6.45) is -0.438. The molecule has 0 aliphatic carbocycles. The second kappa shape index (κ2) is 5.16. The number of nitrogens with one attached hydrogen (secondary N) is 1. The van der Waals surface area contributed by atoms with Gasteiger partial charge >= 0.3 is 6.09 Å². The van der Waals surface area contributed by atoms with E-state index in [9.17, 15) is 9.90 Å². The minimum Gasteiger partial charge on any atom is -0.508 e. The Morgan fingerprint density at radius 3 is 2.67 bits per heavy atom. The van der Waals surface area contributed by atoms with Crippen LogP contribution in [-0.4, -0.2) is 30.9 Å². The zero-order valence-electron chi connectivity index (χ0n) is 10.6. The molecule has 1 aromatic carbocycles. The molecule has 1 aliphatic heterocycles. The van der Waals surface area contributed by atoms with E-state index >= 15 is 0 Å². The Morgan fingerprint density at radius 1 is 1.44 bits per heavy atom. The molecule has 0 radical (unpaired) electrons. The predicted molar refractivity (Wildman–Crippen MR) is 68.9 cm³/mol. The number of anilines is 1. The molecule has 1 aromatic rings. The van der Waals surface area contributed by atoms with Gasteiger partial charge in [0.2, 0.25) is 0 Å². The lowest BCUT2D eigenvalue weighted by molar-refractivity contribution is 0.177. The number of phenolic OH excluding ortho intramolecular Hbond substituents is 1. The monoisotopic (exact) mass is 250 g/mol. The molecule has 1 aliphatic rings. The summed E-state index contributed by atoms with van der Waals surface area (Å²) in [6.45, 7) is 6.17. The fraction of sp³-hybridized carbons (Fsp3) is 0.462. The van der Waals surface area contributed by atoms with Crippen LogP contribution < -0.4 is 10.2 Å². The van der Waals surface area contributed by atoms with Crippen molar-refractivity contribution in [2.45, 2.75) is 19.9 Å². The van der Waals surface area contributed by atoms with Crippen molar-refractivity contribution in [2.24, 2.45) is 0 Å².